The van der Waals surface area contributed by atoms with Gasteiger partial charge >= 0.3 is 0 Å². The Kier molecular flexibility index (Phi) is 4.57. The summed E-state index contributed by atoms with van der Waals surface area (Å²) in [5.74, 6) is 0. The number of hydrogen-bond acceptors (Lipinski definition) is 4. The van der Waals surface area contributed by atoms with Crippen LogP contribution in [-0.2, 0) is 16.6 Å². The summed E-state index contributed by atoms with van der Waals surface area (Å²) in [6, 6.07) is 7.60. The first-order valence-electron chi connectivity index (χ1n) is 6.46. The summed E-state index contributed by atoms with van der Waals surface area (Å²) in [7, 11) is -0.251. The third-order valence-corrected chi connectivity index (χ3v) is 5.14. The van der Waals surface area contributed by atoms with Crippen molar-refractivity contribution in [3.8, 4) is 0 Å². The fraction of sp³-hybridized carbons (Fsp3) is 0.538. The van der Waals surface area contributed by atoms with Crippen molar-refractivity contribution in [3.05, 3.63) is 29.8 Å². The van der Waals surface area contributed by atoms with Gasteiger partial charge in [0.05, 0.1) is 4.90 Å². The Balaban J connectivity index is 2.06. The van der Waals surface area contributed by atoms with Crippen LogP contribution in [0.3, 0.4) is 0 Å². The quantitative estimate of drug-likeness (QED) is 0.820. The average molecular weight is 283 g/mol. The van der Waals surface area contributed by atoms with Gasteiger partial charge in [-0.2, -0.15) is 0 Å². The zero-order valence-corrected chi connectivity index (χ0v) is 12.2. The third kappa shape index (κ3) is 3.54. The van der Waals surface area contributed by atoms with E-state index in [1.54, 1.807) is 32.3 Å². The van der Waals surface area contributed by atoms with Gasteiger partial charge in [-0.3, -0.25) is 0 Å². The van der Waals surface area contributed by atoms with Gasteiger partial charge < -0.3 is 10.6 Å². The van der Waals surface area contributed by atoms with Crippen molar-refractivity contribution in [2.45, 2.75) is 23.9 Å². The van der Waals surface area contributed by atoms with Crippen LogP contribution >= 0.6 is 0 Å². The molecule has 0 radical (unpaired) electrons. The number of nitrogens with one attached hydrogen (secondary N) is 2. The lowest BCUT2D eigenvalue weighted by molar-refractivity contribution is 0.520. The zero-order valence-electron chi connectivity index (χ0n) is 11.4. The van der Waals surface area contributed by atoms with E-state index in [0.717, 1.165) is 25.1 Å². The summed E-state index contributed by atoms with van der Waals surface area (Å²) in [6.45, 7) is 2.73. The lowest BCUT2D eigenvalue weighted by Gasteiger charge is -2.14. The minimum Gasteiger partial charge on any atom is -0.315 e. The van der Waals surface area contributed by atoms with Crippen molar-refractivity contribution >= 4 is 10.0 Å². The van der Waals surface area contributed by atoms with E-state index in [-0.39, 0.29) is 0 Å². The largest absolute Gasteiger partial charge is 0.315 e. The Morgan fingerprint density at radius 2 is 2.21 bits per heavy atom. The second kappa shape index (κ2) is 6.00. The van der Waals surface area contributed by atoms with Crippen LogP contribution in [0.25, 0.3) is 0 Å². The fourth-order valence-corrected chi connectivity index (χ4v) is 3.09. The molecule has 1 unspecified atom stereocenters. The standard InChI is InChI=1S/C13H21N3O2S/c1-16(2)19(17,18)13-5-3-4-11(8-13)9-15-12-6-7-14-10-12/h3-5,8,12,14-15H,6-7,9-10H2,1-2H3. The molecule has 6 heteroatoms. The van der Waals surface area contributed by atoms with E-state index >= 15 is 0 Å². The summed E-state index contributed by atoms with van der Waals surface area (Å²) < 4.78 is 25.3. The van der Waals surface area contributed by atoms with E-state index in [2.05, 4.69) is 10.6 Å². The maximum atomic E-state index is 12.0. The summed E-state index contributed by atoms with van der Waals surface area (Å²) >= 11 is 0. The molecule has 0 spiro atoms. The van der Waals surface area contributed by atoms with Crippen LogP contribution in [0.15, 0.2) is 29.2 Å². The first-order valence-corrected chi connectivity index (χ1v) is 7.90. The molecule has 1 atom stereocenters. The van der Waals surface area contributed by atoms with Crippen molar-refractivity contribution in [1.29, 1.82) is 0 Å². The molecule has 5 nitrogen and oxygen atoms in total. The van der Waals surface area contributed by atoms with Crippen LogP contribution in [0.5, 0.6) is 0 Å². The summed E-state index contributed by atoms with van der Waals surface area (Å²) in [4.78, 5) is 0.348. The average Bonchev–Trinajstić information content (AvgIpc) is 2.89. The number of hydrogen-bond donors (Lipinski definition) is 2. The highest BCUT2D eigenvalue weighted by Gasteiger charge is 2.18. The zero-order chi connectivity index (χ0) is 13.9. The number of rotatable bonds is 5. The highest BCUT2D eigenvalue weighted by Crippen LogP contribution is 2.15. The molecule has 1 aromatic rings. The Morgan fingerprint density at radius 3 is 2.84 bits per heavy atom. The molecule has 0 bridgehead atoms. The molecule has 2 rings (SSSR count). The molecule has 0 aromatic heterocycles. The van der Waals surface area contributed by atoms with Gasteiger partial charge in [0.1, 0.15) is 0 Å². The van der Waals surface area contributed by atoms with Crippen LogP contribution in [0.1, 0.15) is 12.0 Å². The molecular formula is C13H21N3O2S. The number of benzene rings is 1. The first-order chi connectivity index (χ1) is 9.00. The lowest BCUT2D eigenvalue weighted by atomic mass is 10.2. The Hall–Kier alpha value is -0.950. The van der Waals surface area contributed by atoms with E-state index in [4.69, 9.17) is 0 Å². The second-order valence-electron chi connectivity index (χ2n) is 5.01. The molecule has 1 heterocycles. The predicted octanol–water partition coefficient (Wildman–Crippen LogP) is 0.388. The van der Waals surface area contributed by atoms with E-state index in [9.17, 15) is 8.42 Å². The number of sulfonamides is 1. The highest BCUT2D eigenvalue weighted by molar-refractivity contribution is 7.89. The van der Waals surface area contributed by atoms with E-state index in [0.29, 0.717) is 17.5 Å². The summed E-state index contributed by atoms with van der Waals surface area (Å²) in [6.07, 6.45) is 1.12. The third-order valence-electron chi connectivity index (χ3n) is 3.33. The normalized spacial score (nSPS) is 20.1. The molecule has 1 aromatic carbocycles. The minimum absolute atomic E-state index is 0.348. The van der Waals surface area contributed by atoms with E-state index in [1.165, 1.54) is 4.31 Å². The maximum Gasteiger partial charge on any atom is 0.242 e. The van der Waals surface area contributed by atoms with Gasteiger partial charge in [-0.15, -0.1) is 0 Å². The van der Waals surface area contributed by atoms with Crippen LogP contribution < -0.4 is 10.6 Å². The van der Waals surface area contributed by atoms with Crippen LogP contribution in [-0.4, -0.2) is 45.9 Å². The van der Waals surface area contributed by atoms with Crippen LogP contribution in [0.4, 0.5) is 0 Å². The molecule has 1 saturated heterocycles. The van der Waals surface area contributed by atoms with Crippen LogP contribution in [0.2, 0.25) is 0 Å². The Morgan fingerprint density at radius 1 is 1.42 bits per heavy atom. The molecule has 0 saturated carbocycles. The van der Waals surface area contributed by atoms with Crippen molar-refractivity contribution in [2.24, 2.45) is 0 Å². The van der Waals surface area contributed by atoms with Gasteiger partial charge in [-0.1, -0.05) is 12.1 Å². The van der Waals surface area contributed by atoms with Crippen molar-refractivity contribution in [1.82, 2.24) is 14.9 Å². The monoisotopic (exact) mass is 283 g/mol. The fourth-order valence-electron chi connectivity index (χ4n) is 2.12. The van der Waals surface area contributed by atoms with Crippen molar-refractivity contribution in [3.63, 3.8) is 0 Å². The molecule has 1 aliphatic rings. The van der Waals surface area contributed by atoms with E-state index < -0.39 is 10.0 Å². The van der Waals surface area contributed by atoms with Gasteiger partial charge in [-0.25, -0.2) is 12.7 Å². The highest BCUT2D eigenvalue weighted by atomic mass is 32.2. The van der Waals surface area contributed by atoms with Crippen molar-refractivity contribution < 1.29 is 8.42 Å². The topological polar surface area (TPSA) is 61.4 Å². The first kappa shape index (κ1) is 14.5. The lowest BCUT2D eigenvalue weighted by Crippen LogP contribution is -2.30. The molecule has 106 valence electrons. The molecule has 1 aliphatic heterocycles. The van der Waals surface area contributed by atoms with Gasteiger partial charge in [-0.05, 0) is 30.7 Å². The predicted molar refractivity (Wildman–Crippen MR) is 75.4 cm³/mol. The van der Waals surface area contributed by atoms with Crippen LogP contribution in [0, 0.1) is 0 Å². The molecular weight excluding hydrogens is 262 g/mol. The maximum absolute atomic E-state index is 12.0. The van der Waals surface area contributed by atoms with Gasteiger partial charge in [0.25, 0.3) is 0 Å². The molecule has 0 aliphatic carbocycles. The van der Waals surface area contributed by atoms with E-state index in [1.807, 2.05) is 6.07 Å². The molecule has 19 heavy (non-hydrogen) atoms. The minimum atomic E-state index is -3.34. The Bertz CT molecular complexity index is 522. The number of nitrogens with zero attached hydrogens (tertiary/aromatic N) is 1. The second-order valence-corrected chi connectivity index (χ2v) is 7.16. The van der Waals surface area contributed by atoms with Gasteiger partial charge in [0.2, 0.25) is 10.0 Å². The molecule has 1 fully saturated rings. The van der Waals surface area contributed by atoms with Gasteiger partial charge in [0.15, 0.2) is 0 Å². The Labute approximate surface area is 115 Å². The van der Waals surface area contributed by atoms with Crippen molar-refractivity contribution in [2.75, 3.05) is 27.2 Å². The summed E-state index contributed by atoms with van der Waals surface area (Å²) in [5.41, 5.74) is 0.995. The SMILES string of the molecule is CN(C)S(=O)(=O)c1cccc(CNC2CCNC2)c1. The molecule has 2 N–H and O–H groups in total. The molecule has 0 amide bonds. The smallest absolute Gasteiger partial charge is 0.242 e. The summed E-state index contributed by atoms with van der Waals surface area (Å²) in [5, 5.41) is 6.73. The van der Waals surface area contributed by atoms with Gasteiger partial charge in [0, 0.05) is 33.2 Å².